The van der Waals surface area contributed by atoms with Gasteiger partial charge in [-0.3, -0.25) is 9.59 Å². The van der Waals surface area contributed by atoms with E-state index in [0.717, 1.165) is 24.3 Å². The van der Waals surface area contributed by atoms with Crippen molar-refractivity contribution in [1.29, 1.82) is 0 Å². The van der Waals surface area contributed by atoms with E-state index in [9.17, 15) is 9.59 Å². The Morgan fingerprint density at radius 1 is 1.09 bits per heavy atom. The summed E-state index contributed by atoms with van der Waals surface area (Å²) < 4.78 is 21.6. The van der Waals surface area contributed by atoms with Gasteiger partial charge in [0.05, 0.1) is 27.4 Å². The second-order valence-electron chi connectivity index (χ2n) is 7.35. The van der Waals surface area contributed by atoms with Crippen LogP contribution in [0.5, 0.6) is 17.2 Å². The number of methoxy groups -OCH3 is 2. The molecule has 2 N–H and O–H groups in total. The molecule has 0 radical (unpaired) electrons. The number of carbonyl (C=O) groups is 2. The second kappa shape index (κ2) is 10.7. The van der Waals surface area contributed by atoms with Crippen LogP contribution in [-0.2, 0) is 16.1 Å². The molecule has 172 valence electrons. The summed E-state index contributed by atoms with van der Waals surface area (Å²) in [5.74, 6) is -0.0782. The summed E-state index contributed by atoms with van der Waals surface area (Å²) in [5.41, 5.74) is 7.68. The normalized spacial score (nSPS) is 13.4. The smallest absolute Gasteiger partial charge is 0.255 e. The van der Waals surface area contributed by atoms with Crippen LogP contribution >= 0.6 is 0 Å². The van der Waals surface area contributed by atoms with Gasteiger partial charge < -0.3 is 34.5 Å². The molecule has 1 aliphatic rings. The van der Waals surface area contributed by atoms with Crippen LogP contribution in [0.3, 0.4) is 0 Å². The summed E-state index contributed by atoms with van der Waals surface area (Å²) in [5, 5.41) is 0. The number of nitrogens with two attached hydrogens (primary N) is 1. The minimum absolute atomic E-state index is 0.208. The number of hydrogen-bond donors (Lipinski definition) is 1. The molecule has 3 rings (SSSR count). The number of amides is 2. The van der Waals surface area contributed by atoms with E-state index in [-0.39, 0.29) is 29.8 Å². The monoisotopic (exact) mass is 443 g/mol. The maximum atomic E-state index is 13.2. The van der Waals surface area contributed by atoms with Crippen molar-refractivity contribution >= 4 is 17.5 Å². The predicted octanol–water partition coefficient (Wildman–Crippen LogP) is 1.68. The van der Waals surface area contributed by atoms with Crippen LogP contribution in [0.1, 0.15) is 15.9 Å². The van der Waals surface area contributed by atoms with Crippen LogP contribution in [0.4, 0.5) is 5.69 Å². The number of hydrogen-bond acceptors (Lipinski definition) is 7. The van der Waals surface area contributed by atoms with Crippen molar-refractivity contribution in [2.75, 3.05) is 59.1 Å². The highest BCUT2D eigenvalue weighted by atomic mass is 16.5. The van der Waals surface area contributed by atoms with Crippen molar-refractivity contribution in [2.45, 2.75) is 6.54 Å². The van der Waals surface area contributed by atoms with Gasteiger partial charge in [0.2, 0.25) is 5.75 Å². The van der Waals surface area contributed by atoms with Crippen LogP contribution in [-0.4, -0.2) is 70.9 Å². The number of para-hydroxylation sites is 1. The molecule has 1 saturated heterocycles. The van der Waals surface area contributed by atoms with Gasteiger partial charge in [0.25, 0.3) is 11.8 Å². The van der Waals surface area contributed by atoms with Crippen LogP contribution in [0.2, 0.25) is 0 Å². The minimum Gasteiger partial charge on any atom is -0.493 e. The third kappa shape index (κ3) is 5.42. The molecule has 9 heteroatoms. The molecule has 1 heterocycles. The quantitative estimate of drug-likeness (QED) is 0.629. The molecule has 0 unspecified atom stereocenters. The van der Waals surface area contributed by atoms with Gasteiger partial charge in [0.15, 0.2) is 18.1 Å². The molecule has 2 amide bonds. The summed E-state index contributed by atoms with van der Waals surface area (Å²) in [6.07, 6.45) is 0. The van der Waals surface area contributed by atoms with Crippen LogP contribution in [0, 0.1) is 0 Å². The molecule has 2 aromatic carbocycles. The number of benzene rings is 2. The summed E-state index contributed by atoms with van der Waals surface area (Å²) in [6.45, 7) is 3.10. The van der Waals surface area contributed by atoms with Gasteiger partial charge in [-0.1, -0.05) is 18.2 Å². The van der Waals surface area contributed by atoms with E-state index in [1.54, 1.807) is 24.1 Å². The average Bonchev–Trinajstić information content (AvgIpc) is 2.82. The first-order valence-electron chi connectivity index (χ1n) is 10.3. The molecule has 0 aromatic heterocycles. The number of primary amides is 1. The molecule has 1 aliphatic heterocycles. The first-order chi connectivity index (χ1) is 15.4. The van der Waals surface area contributed by atoms with Gasteiger partial charge in [-0.25, -0.2) is 0 Å². The molecule has 9 nitrogen and oxygen atoms in total. The summed E-state index contributed by atoms with van der Waals surface area (Å²) in [7, 11) is 4.64. The van der Waals surface area contributed by atoms with Crippen LogP contribution in [0.25, 0.3) is 0 Å². The number of carbonyl (C=O) groups excluding carboxylic acids is 2. The van der Waals surface area contributed by atoms with E-state index in [2.05, 4.69) is 11.0 Å². The number of anilines is 1. The Balaban J connectivity index is 1.82. The SMILES string of the molecule is COc1cc(C(=O)N(C)Cc2ccccc2N2CCOCC2)cc(OC)c1OCC(N)=O. The molecular formula is C23H29N3O6. The molecule has 0 saturated carbocycles. The molecule has 0 spiro atoms. The Kier molecular flexibility index (Phi) is 7.77. The van der Waals surface area contributed by atoms with Crippen LogP contribution in [0.15, 0.2) is 36.4 Å². The Hall–Kier alpha value is -3.46. The fourth-order valence-electron chi connectivity index (χ4n) is 3.59. The highest BCUT2D eigenvalue weighted by molar-refractivity contribution is 5.95. The van der Waals surface area contributed by atoms with Crippen molar-refractivity contribution in [3.8, 4) is 17.2 Å². The number of morpholine rings is 1. The lowest BCUT2D eigenvalue weighted by Crippen LogP contribution is -2.37. The fraction of sp³-hybridized carbons (Fsp3) is 0.391. The molecule has 1 fully saturated rings. The summed E-state index contributed by atoms with van der Waals surface area (Å²) in [4.78, 5) is 28.2. The molecule has 0 aliphatic carbocycles. The first-order valence-corrected chi connectivity index (χ1v) is 10.3. The van der Waals surface area contributed by atoms with E-state index < -0.39 is 5.91 Å². The van der Waals surface area contributed by atoms with Gasteiger partial charge in [0, 0.05) is 37.9 Å². The van der Waals surface area contributed by atoms with E-state index in [1.807, 2.05) is 18.2 Å². The van der Waals surface area contributed by atoms with Gasteiger partial charge in [-0.2, -0.15) is 0 Å². The first kappa shape index (κ1) is 23.2. The second-order valence-corrected chi connectivity index (χ2v) is 7.35. The van der Waals surface area contributed by atoms with Crippen LogP contribution < -0.4 is 24.8 Å². The van der Waals surface area contributed by atoms with E-state index >= 15 is 0 Å². The Morgan fingerprint density at radius 2 is 1.72 bits per heavy atom. The van der Waals surface area contributed by atoms with Crippen molar-refractivity contribution in [2.24, 2.45) is 5.73 Å². The maximum Gasteiger partial charge on any atom is 0.255 e. The maximum absolute atomic E-state index is 13.2. The largest absolute Gasteiger partial charge is 0.493 e. The van der Waals surface area contributed by atoms with Gasteiger partial charge in [-0.05, 0) is 23.8 Å². The molecule has 0 atom stereocenters. The summed E-state index contributed by atoms with van der Waals surface area (Å²) in [6, 6.07) is 11.2. The molecule has 2 aromatic rings. The van der Waals surface area contributed by atoms with Crippen molar-refractivity contribution < 1.29 is 28.5 Å². The minimum atomic E-state index is -0.632. The lowest BCUT2D eigenvalue weighted by molar-refractivity contribution is -0.120. The summed E-state index contributed by atoms with van der Waals surface area (Å²) >= 11 is 0. The number of ether oxygens (including phenoxy) is 4. The number of rotatable bonds is 9. The van der Waals surface area contributed by atoms with Crippen molar-refractivity contribution in [1.82, 2.24) is 4.90 Å². The standard InChI is InChI=1S/C23H29N3O6/c1-25(14-16-6-4-5-7-18(16)26-8-10-31-11-9-26)23(28)17-12-19(29-2)22(20(13-17)30-3)32-15-21(24)27/h4-7,12-13H,8-11,14-15H2,1-3H3,(H2,24,27). The zero-order valence-corrected chi connectivity index (χ0v) is 18.6. The lowest BCUT2D eigenvalue weighted by Gasteiger charge is -2.31. The predicted molar refractivity (Wildman–Crippen MR) is 120 cm³/mol. The van der Waals surface area contributed by atoms with Gasteiger partial charge >= 0.3 is 0 Å². The Labute approximate surface area is 187 Å². The zero-order chi connectivity index (χ0) is 23.1. The highest BCUT2D eigenvalue weighted by Gasteiger charge is 2.22. The third-order valence-electron chi connectivity index (χ3n) is 5.16. The lowest BCUT2D eigenvalue weighted by atomic mass is 10.1. The Bertz CT molecular complexity index is 933. The van der Waals surface area contributed by atoms with E-state index in [1.165, 1.54) is 14.2 Å². The Morgan fingerprint density at radius 3 is 2.31 bits per heavy atom. The molecular weight excluding hydrogens is 414 g/mol. The molecule has 32 heavy (non-hydrogen) atoms. The molecule has 0 bridgehead atoms. The van der Waals surface area contributed by atoms with Gasteiger partial charge in [0.1, 0.15) is 0 Å². The third-order valence-corrected chi connectivity index (χ3v) is 5.16. The topological polar surface area (TPSA) is 104 Å². The highest BCUT2D eigenvalue weighted by Crippen LogP contribution is 2.39. The van der Waals surface area contributed by atoms with E-state index in [0.29, 0.717) is 25.3 Å². The average molecular weight is 444 g/mol. The van der Waals surface area contributed by atoms with Crippen molar-refractivity contribution in [3.05, 3.63) is 47.5 Å². The fourth-order valence-corrected chi connectivity index (χ4v) is 3.59. The van der Waals surface area contributed by atoms with E-state index in [4.69, 9.17) is 24.7 Å². The zero-order valence-electron chi connectivity index (χ0n) is 18.6. The van der Waals surface area contributed by atoms with Crippen molar-refractivity contribution in [3.63, 3.8) is 0 Å². The number of nitrogens with zero attached hydrogens (tertiary/aromatic N) is 2. The van der Waals surface area contributed by atoms with Gasteiger partial charge in [-0.15, -0.1) is 0 Å².